The second-order valence-corrected chi connectivity index (χ2v) is 7.74. The van der Waals surface area contributed by atoms with Crippen LogP contribution in [0.15, 0.2) is 48.5 Å². The summed E-state index contributed by atoms with van der Waals surface area (Å²) in [5.74, 6) is 0.434. The number of hydrogen-bond acceptors (Lipinski definition) is 3. The molecular formula is C22H25N3O2S. The highest BCUT2D eigenvalue weighted by atomic mass is 32.1. The minimum absolute atomic E-state index is 0.0326. The van der Waals surface area contributed by atoms with E-state index < -0.39 is 0 Å². The third-order valence-corrected chi connectivity index (χ3v) is 5.18. The molecule has 1 heterocycles. The molecule has 5 nitrogen and oxygen atoms in total. The van der Waals surface area contributed by atoms with Crippen molar-refractivity contribution in [3.05, 3.63) is 65.2 Å². The van der Waals surface area contributed by atoms with E-state index in [4.69, 9.17) is 12.2 Å². The van der Waals surface area contributed by atoms with Gasteiger partial charge < -0.3 is 10.2 Å². The number of carbonyl (C=O) groups is 2. The SMILES string of the molecule is Cc1ccc(C(=O)NC(=S)Nc2cccc(C(=O)N3CCC(C)CC3)c2)cc1. The lowest BCUT2D eigenvalue weighted by molar-refractivity contribution is 0.0697. The Hall–Kier alpha value is -2.73. The summed E-state index contributed by atoms with van der Waals surface area (Å²) in [6.45, 7) is 5.77. The summed E-state index contributed by atoms with van der Waals surface area (Å²) in [4.78, 5) is 26.9. The molecule has 0 atom stereocenters. The molecule has 6 heteroatoms. The van der Waals surface area contributed by atoms with Crippen LogP contribution in [0.5, 0.6) is 0 Å². The van der Waals surface area contributed by atoms with Gasteiger partial charge in [0.25, 0.3) is 11.8 Å². The van der Waals surface area contributed by atoms with Gasteiger partial charge in [-0.15, -0.1) is 0 Å². The number of anilines is 1. The zero-order valence-corrected chi connectivity index (χ0v) is 17.0. The van der Waals surface area contributed by atoms with Gasteiger partial charge in [-0.05, 0) is 68.2 Å². The molecular weight excluding hydrogens is 370 g/mol. The first-order valence-electron chi connectivity index (χ1n) is 9.51. The Morgan fingerprint density at radius 1 is 1.04 bits per heavy atom. The molecule has 1 aliphatic rings. The Labute approximate surface area is 171 Å². The Morgan fingerprint density at radius 3 is 2.39 bits per heavy atom. The molecule has 0 aromatic heterocycles. The predicted molar refractivity (Wildman–Crippen MR) is 116 cm³/mol. The number of piperidine rings is 1. The molecule has 1 aliphatic heterocycles. The monoisotopic (exact) mass is 395 g/mol. The van der Waals surface area contributed by atoms with Crippen LogP contribution in [0.3, 0.4) is 0 Å². The molecule has 2 amide bonds. The predicted octanol–water partition coefficient (Wildman–Crippen LogP) is 3.99. The molecule has 28 heavy (non-hydrogen) atoms. The number of aryl methyl sites for hydroxylation is 1. The van der Waals surface area contributed by atoms with Crippen molar-refractivity contribution in [2.24, 2.45) is 5.92 Å². The van der Waals surface area contributed by atoms with E-state index in [0.717, 1.165) is 31.5 Å². The summed E-state index contributed by atoms with van der Waals surface area (Å²) in [6, 6.07) is 14.5. The number of carbonyl (C=O) groups excluding carboxylic acids is 2. The quantitative estimate of drug-likeness (QED) is 0.772. The van der Waals surface area contributed by atoms with Crippen LogP contribution in [0.25, 0.3) is 0 Å². The van der Waals surface area contributed by atoms with Crippen LogP contribution in [-0.2, 0) is 0 Å². The largest absolute Gasteiger partial charge is 0.339 e. The van der Waals surface area contributed by atoms with E-state index in [2.05, 4.69) is 17.6 Å². The normalized spacial score (nSPS) is 14.4. The van der Waals surface area contributed by atoms with Gasteiger partial charge in [0.1, 0.15) is 0 Å². The van der Waals surface area contributed by atoms with Gasteiger partial charge in [0.15, 0.2) is 5.11 Å². The van der Waals surface area contributed by atoms with Crippen LogP contribution in [0, 0.1) is 12.8 Å². The van der Waals surface area contributed by atoms with E-state index in [1.807, 2.05) is 36.1 Å². The molecule has 146 valence electrons. The van der Waals surface area contributed by atoms with Crippen LogP contribution < -0.4 is 10.6 Å². The zero-order valence-electron chi connectivity index (χ0n) is 16.2. The molecule has 1 saturated heterocycles. The summed E-state index contributed by atoms with van der Waals surface area (Å²) in [5, 5.41) is 5.85. The lowest BCUT2D eigenvalue weighted by atomic mass is 9.98. The summed E-state index contributed by atoms with van der Waals surface area (Å²) >= 11 is 5.25. The molecule has 3 rings (SSSR count). The fourth-order valence-corrected chi connectivity index (χ4v) is 3.38. The highest BCUT2D eigenvalue weighted by molar-refractivity contribution is 7.80. The van der Waals surface area contributed by atoms with Crippen LogP contribution in [0.1, 0.15) is 46.0 Å². The molecule has 0 spiro atoms. The maximum Gasteiger partial charge on any atom is 0.257 e. The van der Waals surface area contributed by atoms with Gasteiger partial charge in [0, 0.05) is 29.9 Å². The summed E-state index contributed by atoms with van der Waals surface area (Å²) in [6.07, 6.45) is 2.08. The number of hydrogen-bond donors (Lipinski definition) is 2. The van der Waals surface area contributed by atoms with Crippen molar-refractivity contribution in [2.75, 3.05) is 18.4 Å². The highest BCUT2D eigenvalue weighted by Crippen LogP contribution is 2.19. The van der Waals surface area contributed by atoms with Crippen LogP contribution in [0.4, 0.5) is 5.69 Å². The van der Waals surface area contributed by atoms with Crippen LogP contribution >= 0.6 is 12.2 Å². The Bertz CT molecular complexity index is 872. The van der Waals surface area contributed by atoms with Crippen molar-refractivity contribution in [2.45, 2.75) is 26.7 Å². The Balaban J connectivity index is 1.60. The van der Waals surface area contributed by atoms with E-state index in [9.17, 15) is 9.59 Å². The topological polar surface area (TPSA) is 61.4 Å². The van der Waals surface area contributed by atoms with Gasteiger partial charge in [0.05, 0.1) is 0 Å². The minimum atomic E-state index is -0.271. The molecule has 0 saturated carbocycles. The van der Waals surface area contributed by atoms with E-state index in [-0.39, 0.29) is 16.9 Å². The summed E-state index contributed by atoms with van der Waals surface area (Å²) in [7, 11) is 0. The van der Waals surface area contributed by atoms with Crippen molar-refractivity contribution in [1.82, 2.24) is 10.2 Å². The maximum absolute atomic E-state index is 12.7. The Morgan fingerprint density at radius 2 is 1.71 bits per heavy atom. The van der Waals surface area contributed by atoms with Gasteiger partial charge in [0.2, 0.25) is 0 Å². The van der Waals surface area contributed by atoms with E-state index in [1.165, 1.54) is 0 Å². The number of amides is 2. The molecule has 1 fully saturated rings. The Kier molecular flexibility index (Phi) is 6.41. The van der Waals surface area contributed by atoms with Crippen molar-refractivity contribution in [3.63, 3.8) is 0 Å². The molecule has 0 unspecified atom stereocenters. The number of thiocarbonyl (C=S) groups is 1. The van der Waals surface area contributed by atoms with Crippen LogP contribution in [-0.4, -0.2) is 34.9 Å². The van der Waals surface area contributed by atoms with Gasteiger partial charge in [-0.3, -0.25) is 14.9 Å². The standard InChI is InChI=1S/C22H25N3O2S/c1-15-6-8-17(9-7-15)20(26)24-22(28)23-19-5-3-4-18(14-19)21(27)25-12-10-16(2)11-13-25/h3-9,14,16H,10-13H2,1-2H3,(H2,23,24,26,28). The molecule has 0 aliphatic carbocycles. The molecule has 2 N–H and O–H groups in total. The number of rotatable bonds is 3. The summed E-state index contributed by atoms with van der Waals surface area (Å²) < 4.78 is 0. The van der Waals surface area contributed by atoms with E-state index in [0.29, 0.717) is 22.7 Å². The average Bonchev–Trinajstić information content (AvgIpc) is 2.68. The van der Waals surface area contributed by atoms with Crippen molar-refractivity contribution in [1.29, 1.82) is 0 Å². The van der Waals surface area contributed by atoms with Crippen molar-refractivity contribution < 1.29 is 9.59 Å². The maximum atomic E-state index is 12.7. The van der Waals surface area contributed by atoms with Gasteiger partial charge in [-0.1, -0.05) is 30.7 Å². The zero-order chi connectivity index (χ0) is 20.1. The lowest BCUT2D eigenvalue weighted by Gasteiger charge is -2.30. The second-order valence-electron chi connectivity index (χ2n) is 7.33. The van der Waals surface area contributed by atoms with Gasteiger partial charge >= 0.3 is 0 Å². The molecule has 0 bridgehead atoms. The van der Waals surface area contributed by atoms with Crippen LogP contribution in [0.2, 0.25) is 0 Å². The fraction of sp³-hybridized carbons (Fsp3) is 0.318. The number of likely N-dealkylation sites (tertiary alicyclic amines) is 1. The first kappa shape index (κ1) is 20.0. The fourth-order valence-electron chi connectivity index (χ4n) is 3.17. The van der Waals surface area contributed by atoms with Crippen molar-refractivity contribution >= 4 is 34.8 Å². The van der Waals surface area contributed by atoms with E-state index in [1.54, 1.807) is 24.3 Å². The number of benzene rings is 2. The third-order valence-electron chi connectivity index (χ3n) is 4.98. The molecule has 2 aromatic rings. The van der Waals surface area contributed by atoms with Crippen molar-refractivity contribution in [3.8, 4) is 0 Å². The van der Waals surface area contributed by atoms with E-state index >= 15 is 0 Å². The highest BCUT2D eigenvalue weighted by Gasteiger charge is 2.21. The van der Waals surface area contributed by atoms with Gasteiger partial charge in [-0.2, -0.15) is 0 Å². The molecule has 2 aromatic carbocycles. The average molecular weight is 396 g/mol. The van der Waals surface area contributed by atoms with Gasteiger partial charge in [-0.25, -0.2) is 0 Å². The second kappa shape index (κ2) is 8.97. The number of nitrogens with one attached hydrogen (secondary N) is 2. The number of nitrogens with zero attached hydrogens (tertiary/aromatic N) is 1. The first-order chi connectivity index (χ1) is 13.4. The molecule has 0 radical (unpaired) electrons. The lowest BCUT2D eigenvalue weighted by Crippen LogP contribution is -2.38. The minimum Gasteiger partial charge on any atom is -0.339 e. The first-order valence-corrected chi connectivity index (χ1v) is 9.91. The third kappa shape index (κ3) is 5.16. The summed E-state index contributed by atoms with van der Waals surface area (Å²) in [5.41, 5.74) is 2.91. The smallest absolute Gasteiger partial charge is 0.257 e.